The predicted octanol–water partition coefficient (Wildman–Crippen LogP) is 0.409. The Bertz CT molecular complexity index is 612. The van der Waals surface area contributed by atoms with Crippen LogP contribution in [0.25, 0.3) is 0 Å². The molecule has 3 N–H and O–H groups in total. The molecule has 7 nitrogen and oxygen atoms in total. The van der Waals surface area contributed by atoms with Crippen LogP contribution in [0.5, 0.6) is 0 Å². The zero-order valence-corrected chi connectivity index (χ0v) is 11.2. The maximum absolute atomic E-state index is 12.0. The minimum absolute atomic E-state index is 0.0367. The molecule has 21 heavy (non-hydrogen) atoms. The number of carboxylic acid groups (broad SMARTS) is 1. The molecule has 0 amide bonds. The van der Waals surface area contributed by atoms with E-state index in [-0.39, 0.29) is 13.2 Å². The highest BCUT2D eigenvalue weighted by Crippen LogP contribution is 2.10. The van der Waals surface area contributed by atoms with Crippen molar-refractivity contribution in [2.24, 2.45) is 5.73 Å². The lowest BCUT2D eigenvalue weighted by Gasteiger charge is -2.22. The van der Waals surface area contributed by atoms with Crippen molar-refractivity contribution in [3.63, 3.8) is 0 Å². The summed E-state index contributed by atoms with van der Waals surface area (Å²) in [7, 11) is 0. The van der Waals surface area contributed by atoms with Crippen molar-refractivity contribution in [2.75, 3.05) is 0 Å². The monoisotopic (exact) mass is 289 g/mol. The lowest BCUT2D eigenvalue weighted by Crippen LogP contribution is -2.58. The van der Waals surface area contributed by atoms with E-state index in [1.807, 2.05) is 6.07 Å². The summed E-state index contributed by atoms with van der Waals surface area (Å²) >= 11 is 0. The van der Waals surface area contributed by atoms with Crippen molar-refractivity contribution in [3.05, 3.63) is 54.4 Å². The summed E-state index contributed by atoms with van der Waals surface area (Å²) in [6, 6.07) is 10.5. The third-order valence-electron chi connectivity index (χ3n) is 2.93. The second kappa shape index (κ2) is 6.19. The van der Waals surface area contributed by atoms with Crippen molar-refractivity contribution < 1.29 is 19.4 Å². The second-order valence-corrected chi connectivity index (χ2v) is 4.54. The number of rotatable bonds is 6. The largest absolute Gasteiger partial charge is 0.479 e. The molecule has 0 fully saturated rings. The summed E-state index contributed by atoms with van der Waals surface area (Å²) < 4.78 is 6.29. The van der Waals surface area contributed by atoms with Crippen LogP contribution in [0.1, 0.15) is 5.56 Å². The van der Waals surface area contributed by atoms with Gasteiger partial charge in [0.25, 0.3) is 0 Å². The number of nitrogens with zero attached hydrogens (tertiary/aromatic N) is 2. The molecule has 1 aromatic heterocycles. The minimum atomic E-state index is -2.18. The Morgan fingerprint density at radius 3 is 2.57 bits per heavy atom. The SMILES string of the molecule is NC(Cn1cccn1)(C(=O)O)C(=O)OCc1ccccc1. The number of hydrogen-bond acceptors (Lipinski definition) is 5. The molecule has 1 unspecified atom stereocenters. The molecule has 7 heteroatoms. The summed E-state index contributed by atoms with van der Waals surface area (Å²) in [5.74, 6) is -2.47. The van der Waals surface area contributed by atoms with E-state index in [1.54, 1.807) is 30.3 Å². The van der Waals surface area contributed by atoms with E-state index < -0.39 is 17.5 Å². The number of nitrogens with two attached hydrogens (primary N) is 1. The van der Waals surface area contributed by atoms with E-state index in [0.717, 1.165) is 5.56 Å². The highest BCUT2D eigenvalue weighted by molar-refractivity contribution is 6.03. The van der Waals surface area contributed by atoms with Crippen molar-refractivity contribution in [3.8, 4) is 0 Å². The molecular weight excluding hydrogens is 274 g/mol. The van der Waals surface area contributed by atoms with Crippen LogP contribution < -0.4 is 5.73 Å². The Labute approximate surface area is 120 Å². The van der Waals surface area contributed by atoms with Gasteiger partial charge in [0.1, 0.15) is 6.61 Å². The fourth-order valence-electron chi connectivity index (χ4n) is 1.72. The highest BCUT2D eigenvalue weighted by atomic mass is 16.5. The van der Waals surface area contributed by atoms with Gasteiger partial charge in [-0.2, -0.15) is 5.10 Å². The zero-order valence-electron chi connectivity index (χ0n) is 11.2. The molecule has 0 saturated heterocycles. The Balaban J connectivity index is 2.07. The van der Waals surface area contributed by atoms with Crippen LogP contribution in [-0.4, -0.2) is 32.4 Å². The van der Waals surface area contributed by atoms with E-state index in [2.05, 4.69) is 5.10 Å². The van der Waals surface area contributed by atoms with Crippen molar-refractivity contribution >= 4 is 11.9 Å². The number of carbonyl (C=O) groups is 2. The maximum atomic E-state index is 12.0. The first-order valence-electron chi connectivity index (χ1n) is 6.23. The number of aromatic nitrogens is 2. The van der Waals surface area contributed by atoms with E-state index in [9.17, 15) is 14.7 Å². The summed E-state index contributed by atoms with van der Waals surface area (Å²) in [4.78, 5) is 23.4. The van der Waals surface area contributed by atoms with Gasteiger partial charge in [-0.15, -0.1) is 0 Å². The van der Waals surface area contributed by atoms with Crippen molar-refractivity contribution in [2.45, 2.75) is 18.7 Å². The average Bonchev–Trinajstić information content (AvgIpc) is 2.98. The second-order valence-electron chi connectivity index (χ2n) is 4.54. The topological polar surface area (TPSA) is 107 Å². The van der Waals surface area contributed by atoms with Crippen LogP contribution in [0, 0.1) is 0 Å². The molecule has 0 aliphatic heterocycles. The number of aliphatic carboxylic acids is 1. The van der Waals surface area contributed by atoms with Crippen LogP contribution in [0.3, 0.4) is 0 Å². The van der Waals surface area contributed by atoms with Gasteiger partial charge in [-0.3, -0.25) is 4.68 Å². The number of carboxylic acids is 1. The molecule has 0 aliphatic carbocycles. The Morgan fingerprint density at radius 2 is 2.00 bits per heavy atom. The molecule has 110 valence electrons. The number of esters is 1. The predicted molar refractivity (Wildman–Crippen MR) is 73.0 cm³/mol. The standard InChI is InChI=1S/C14H15N3O4/c15-14(12(18)19,10-17-8-4-7-16-17)13(20)21-9-11-5-2-1-3-6-11/h1-8H,9-10,15H2,(H,18,19). The Hall–Kier alpha value is -2.67. The van der Waals surface area contributed by atoms with Gasteiger partial charge in [0.15, 0.2) is 0 Å². The first-order chi connectivity index (χ1) is 10.0. The third-order valence-corrected chi connectivity index (χ3v) is 2.93. The van der Waals surface area contributed by atoms with Gasteiger partial charge >= 0.3 is 11.9 Å². The lowest BCUT2D eigenvalue weighted by atomic mass is 10.0. The fourth-order valence-corrected chi connectivity index (χ4v) is 1.72. The first-order valence-corrected chi connectivity index (χ1v) is 6.23. The van der Waals surface area contributed by atoms with Gasteiger partial charge in [0.2, 0.25) is 5.54 Å². The summed E-state index contributed by atoms with van der Waals surface area (Å²) in [5, 5.41) is 13.1. The van der Waals surface area contributed by atoms with E-state index in [0.29, 0.717) is 0 Å². The molecule has 1 heterocycles. The number of benzene rings is 1. The van der Waals surface area contributed by atoms with Crippen LogP contribution in [0.4, 0.5) is 0 Å². The van der Waals surface area contributed by atoms with E-state index in [1.165, 1.54) is 17.1 Å². The first kappa shape index (κ1) is 14.7. The van der Waals surface area contributed by atoms with Gasteiger partial charge < -0.3 is 15.6 Å². The van der Waals surface area contributed by atoms with Crippen LogP contribution in [0.15, 0.2) is 48.8 Å². The van der Waals surface area contributed by atoms with Crippen LogP contribution >= 0.6 is 0 Å². The number of hydrogen-bond donors (Lipinski definition) is 2. The van der Waals surface area contributed by atoms with E-state index in [4.69, 9.17) is 10.5 Å². The average molecular weight is 289 g/mol. The van der Waals surface area contributed by atoms with Gasteiger partial charge in [-0.1, -0.05) is 30.3 Å². The lowest BCUT2D eigenvalue weighted by molar-refractivity contribution is -0.162. The molecule has 0 spiro atoms. The normalized spacial score (nSPS) is 13.4. The van der Waals surface area contributed by atoms with Gasteiger partial charge in [0, 0.05) is 12.4 Å². The summed E-state index contributed by atoms with van der Waals surface area (Å²) in [6.07, 6.45) is 2.99. The minimum Gasteiger partial charge on any atom is -0.479 e. The van der Waals surface area contributed by atoms with Crippen molar-refractivity contribution in [1.29, 1.82) is 0 Å². The fraction of sp³-hybridized carbons (Fsp3) is 0.214. The molecule has 2 aromatic rings. The van der Waals surface area contributed by atoms with Crippen molar-refractivity contribution in [1.82, 2.24) is 9.78 Å². The van der Waals surface area contributed by atoms with Gasteiger partial charge in [-0.25, -0.2) is 9.59 Å². The maximum Gasteiger partial charge on any atom is 0.340 e. The smallest absolute Gasteiger partial charge is 0.340 e. The van der Waals surface area contributed by atoms with Crippen LogP contribution in [0.2, 0.25) is 0 Å². The quantitative estimate of drug-likeness (QED) is 0.589. The van der Waals surface area contributed by atoms with Crippen LogP contribution in [-0.2, 0) is 27.5 Å². The molecule has 2 rings (SSSR count). The third kappa shape index (κ3) is 3.46. The molecule has 0 bridgehead atoms. The highest BCUT2D eigenvalue weighted by Gasteiger charge is 2.45. The zero-order chi connectivity index (χ0) is 15.3. The van der Waals surface area contributed by atoms with E-state index >= 15 is 0 Å². The Morgan fingerprint density at radius 1 is 1.29 bits per heavy atom. The number of carbonyl (C=O) groups excluding carboxylic acids is 1. The summed E-state index contributed by atoms with van der Waals surface area (Å²) in [6.45, 7) is -0.339. The Kier molecular flexibility index (Phi) is 4.34. The molecular formula is C14H15N3O4. The number of ether oxygens (including phenoxy) is 1. The molecule has 1 atom stereocenters. The van der Waals surface area contributed by atoms with Gasteiger partial charge in [0.05, 0.1) is 6.54 Å². The van der Waals surface area contributed by atoms with Gasteiger partial charge in [-0.05, 0) is 11.6 Å². The molecule has 0 saturated carbocycles. The summed E-state index contributed by atoms with van der Waals surface area (Å²) in [5.41, 5.74) is 4.27. The molecule has 1 aromatic carbocycles. The molecule has 0 radical (unpaired) electrons. The molecule has 0 aliphatic rings.